The quantitative estimate of drug-likeness (QED) is 0.779. The molecule has 1 aromatic carbocycles. The second-order valence-corrected chi connectivity index (χ2v) is 6.25. The Hall–Kier alpha value is -1.06. The van der Waals surface area contributed by atoms with Crippen LogP contribution in [0.5, 0.6) is 0 Å². The van der Waals surface area contributed by atoms with Crippen LogP contribution in [0.4, 0.5) is 5.69 Å². The summed E-state index contributed by atoms with van der Waals surface area (Å²) < 4.78 is 5.58. The van der Waals surface area contributed by atoms with Gasteiger partial charge in [-0.25, -0.2) is 0 Å². The number of nitrogens with zero attached hydrogens (tertiary/aromatic N) is 1. The van der Waals surface area contributed by atoms with E-state index in [-0.39, 0.29) is 0 Å². The Morgan fingerprint density at radius 1 is 1.38 bits per heavy atom. The van der Waals surface area contributed by atoms with Gasteiger partial charge in [-0.05, 0) is 61.9 Å². The van der Waals surface area contributed by atoms with Crippen molar-refractivity contribution in [2.75, 3.05) is 38.3 Å². The average molecular weight is 290 g/mol. The Morgan fingerprint density at radius 3 is 2.90 bits per heavy atom. The van der Waals surface area contributed by atoms with Gasteiger partial charge in [0.1, 0.15) is 0 Å². The molecule has 1 atom stereocenters. The zero-order chi connectivity index (χ0) is 15.1. The van der Waals surface area contributed by atoms with Gasteiger partial charge in [0.2, 0.25) is 0 Å². The molecule has 3 nitrogen and oxygen atoms in total. The van der Waals surface area contributed by atoms with Crippen molar-refractivity contribution in [3.05, 3.63) is 29.3 Å². The number of benzene rings is 1. The third-order valence-electron chi connectivity index (χ3n) is 4.30. The molecule has 1 saturated heterocycles. The predicted molar refractivity (Wildman–Crippen MR) is 90.0 cm³/mol. The number of rotatable bonds is 7. The molecule has 0 aromatic heterocycles. The molecule has 21 heavy (non-hydrogen) atoms. The van der Waals surface area contributed by atoms with Gasteiger partial charge in [-0.3, -0.25) is 0 Å². The predicted octanol–water partition coefficient (Wildman–Crippen LogP) is 3.36. The number of hydrogen-bond donors (Lipinski definition) is 1. The summed E-state index contributed by atoms with van der Waals surface area (Å²) in [6.07, 6.45) is 3.69. The van der Waals surface area contributed by atoms with E-state index in [1.165, 1.54) is 36.1 Å². The first-order valence-electron chi connectivity index (χ1n) is 8.29. The van der Waals surface area contributed by atoms with Crippen LogP contribution in [0.3, 0.4) is 0 Å². The van der Waals surface area contributed by atoms with E-state index in [1.54, 1.807) is 0 Å². The second kappa shape index (κ2) is 8.40. The van der Waals surface area contributed by atoms with E-state index < -0.39 is 0 Å². The van der Waals surface area contributed by atoms with Gasteiger partial charge in [0.15, 0.2) is 0 Å². The number of nitrogens with one attached hydrogen (secondary N) is 1. The Bertz CT molecular complexity index is 427. The Balaban J connectivity index is 1.91. The van der Waals surface area contributed by atoms with Gasteiger partial charge in [-0.15, -0.1) is 0 Å². The van der Waals surface area contributed by atoms with Gasteiger partial charge < -0.3 is 15.0 Å². The summed E-state index contributed by atoms with van der Waals surface area (Å²) in [6, 6.07) is 6.83. The molecular weight excluding hydrogens is 260 g/mol. The minimum absolute atomic E-state index is 0.676. The first kappa shape index (κ1) is 16.3. The van der Waals surface area contributed by atoms with Crippen molar-refractivity contribution in [2.45, 2.75) is 39.7 Å². The molecular formula is C18H30N2O. The lowest BCUT2D eigenvalue weighted by atomic mass is 10.0. The zero-order valence-corrected chi connectivity index (χ0v) is 13.8. The van der Waals surface area contributed by atoms with Crippen LogP contribution in [-0.4, -0.2) is 33.4 Å². The summed E-state index contributed by atoms with van der Waals surface area (Å²) >= 11 is 0. The topological polar surface area (TPSA) is 24.5 Å². The summed E-state index contributed by atoms with van der Waals surface area (Å²) in [4.78, 5) is 2.37. The fraction of sp³-hybridized carbons (Fsp3) is 0.667. The van der Waals surface area contributed by atoms with Crippen molar-refractivity contribution in [2.24, 2.45) is 5.92 Å². The highest BCUT2D eigenvalue weighted by Gasteiger charge is 2.16. The number of hydrogen-bond acceptors (Lipinski definition) is 3. The van der Waals surface area contributed by atoms with E-state index in [0.29, 0.717) is 5.92 Å². The van der Waals surface area contributed by atoms with Crippen LogP contribution < -0.4 is 10.2 Å². The zero-order valence-electron chi connectivity index (χ0n) is 13.8. The lowest BCUT2D eigenvalue weighted by Crippen LogP contribution is -2.30. The van der Waals surface area contributed by atoms with Crippen LogP contribution in [0.1, 0.15) is 37.3 Å². The van der Waals surface area contributed by atoms with Crippen LogP contribution in [0.2, 0.25) is 0 Å². The lowest BCUT2D eigenvalue weighted by molar-refractivity contribution is 0.0576. The van der Waals surface area contributed by atoms with Crippen molar-refractivity contribution in [3.8, 4) is 0 Å². The molecule has 1 fully saturated rings. The SMILES string of the molecule is CCCNCc1ccc(N(C)CC2CCCOC2)cc1C. The van der Waals surface area contributed by atoms with Crippen LogP contribution in [0, 0.1) is 12.8 Å². The molecule has 2 rings (SSSR count). The van der Waals surface area contributed by atoms with Crippen molar-refractivity contribution in [3.63, 3.8) is 0 Å². The normalized spacial score (nSPS) is 18.7. The van der Waals surface area contributed by atoms with E-state index in [9.17, 15) is 0 Å². The summed E-state index contributed by atoms with van der Waals surface area (Å²) in [5, 5.41) is 3.48. The van der Waals surface area contributed by atoms with Crippen LogP contribution >= 0.6 is 0 Å². The van der Waals surface area contributed by atoms with Gasteiger partial charge in [0.25, 0.3) is 0 Å². The number of ether oxygens (including phenoxy) is 1. The van der Waals surface area contributed by atoms with Gasteiger partial charge in [-0.1, -0.05) is 13.0 Å². The maximum absolute atomic E-state index is 5.58. The van der Waals surface area contributed by atoms with E-state index in [2.05, 4.69) is 49.3 Å². The highest BCUT2D eigenvalue weighted by molar-refractivity contribution is 5.50. The molecule has 1 aliphatic heterocycles. The third kappa shape index (κ3) is 5.01. The van der Waals surface area contributed by atoms with E-state index in [4.69, 9.17) is 4.74 Å². The van der Waals surface area contributed by atoms with Gasteiger partial charge in [-0.2, -0.15) is 0 Å². The maximum Gasteiger partial charge on any atom is 0.0511 e. The molecule has 0 aliphatic carbocycles. The first-order valence-corrected chi connectivity index (χ1v) is 8.29. The maximum atomic E-state index is 5.58. The van der Waals surface area contributed by atoms with Crippen LogP contribution in [-0.2, 0) is 11.3 Å². The summed E-state index contributed by atoms with van der Waals surface area (Å²) in [7, 11) is 2.19. The molecule has 0 amide bonds. The highest BCUT2D eigenvalue weighted by Crippen LogP contribution is 2.21. The second-order valence-electron chi connectivity index (χ2n) is 6.25. The summed E-state index contributed by atoms with van der Waals surface area (Å²) in [5.41, 5.74) is 4.10. The van der Waals surface area contributed by atoms with Crippen molar-refractivity contribution in [1.29, 1.82) is 0 Å². The minimum atomic E-state index is 0.676. The van der Waals surface area contributed by atoms with E-state index >= 15 is 0 Å². The molecule has 0 radical (unpaired) electrons. The molecule has 3 heteroatoms. The fourth-order valence-electron chi connectivity index (χ4n) is 2.96. The summed E-state index contributed by atoms with van der Waals surface area (Å²) in [5.74, 6) is 0.676. The summed E-state index contributed by atoms with van der Waals surface area (Å²) in [6.45, 7) is 9.42. The molecule has 1 aromatic rings. The van der Waals surface area contributed by atoms with E-state index in [0.717, 1.165) is 32.8 Å². The van der Waals surface area contributed by atoms with Crippen LogP contribution in [0.15, 0.2) is 18.2 Å². The molecule has 1 heterocycles. The minimum Gasteiger partial charge on any atom is -0.381 e. The molecule has 1 aliphatic rings. The van der Waals surface area contributed by atoms with Crippen LogP contribution in [0.25, 0.3) is 0 Å². The first-order chi connectivity index (χ1) is 10.2. The Kier molecular flexibility index (Phi) is 6.52. The van der Waals surface area contributed by atoms with Gasteiger partial charge in [0, 0.05) is 32.4 Å². The highest BCUT2D eigenvalue weighted by atomic mass is 16.5. The molecule has 0 spiro atoms. The molecule has 1 unspecified atom stereocenters. The number of anilines is 1. The van der Waals surface area contributed by atoms with E-state index in [1.807, 2.05) is 0 Å². The van der Waals surface area contributed by atoms with Gasteiger partial charge >= 0.3 is 0 Å². The fourth-order valence-corrected chi connectivity index (χ4v) is 2.96. The number of aryl methyl sites for hydroxylation is 1. The third-order valence-corrected chi connectivity index (χ3v) is 4.30. The Labute approximate surface area is 129 Å². The van der Waals surface area contributed by atoms with Crippen molar-refractivity contribution < 1.29 is 4.74 Å². The molecule has 118 valence electrons. The van der Waals surface area contributed by atoms with Gasteiger partial charge in [0.05, 0.1) is 6.61 Å². The largest absolute Gasteiger partial charge is 0.381 e. The monoisotopic (exact) mass is 290 g/mol. The molecule has 0 bridgehead atoms. The average Bonchev–Trinajstić information content (AvgIpc) is 2.50. The Morgan fingerprint density at radius 2 is 2.24 bits per heavy atom. The van der Waals surface area contributed by atoms with Crippen molar-refractivity contribution >= 4 is 5.69 Å². The standard InChI is InChI=1S/C18H30N2O/c1-4-9-19-12-17-7-8-18(11-15(17)2)20(3)13-16-6-5-10-21-14-16/h7-8,11,16,19H,4-6,9-10,12-14H2,1-3H3. The lowest BCUT2D eigenvalue weighted by Gasteiger charge is -2.28. The van der Waals surface area contributed by atoms with Crippen molar-refractivity contribution in [1.82, 2.24) is 5.32 Å². The smallest absolute Gasteiger partial charge is 0.0511 e. The molecule has 0 saturated carbocycles. The molecule has 1 N–H and O–H groups in total.